The molecule has 0 spiro atoms. The van der Waals surface area contributed by atoms with Crippen molar-refractivity contribution < 1.29 is 19.4 Å². The predicted molar refractivity (Wildman–Crippen MR) is 136 cm³/mol. The normalized spacial score (nSPS) is 10.3. The molecule has 0 aliphatic carbocycles. The standard InChI is InChI=1S/C24H38O4.C4H4N2/c1-3-5-7-9-11-13-15-20-16-17-21(22(19-20)23(25)26)24(27)28-18-14-12-10-8-6-4-2;1-2-6-4-3-5-1/h16-17,19H,3-15,18H2,1-2H3,(H,25,26);1-4H. The predicted octanol–water partition coefficient (Wildman–Crippen LogP) is 7.28. The van der Waals surface area contributed by atoms with E-state index in [0.717, 1.165) is 44.1 Å². The second-order valence-corrected chi connectivity index (χ2v) is 8.50. The number of nitrogens with zero attached hydrogens (tertiary/aromatic N) is 2. The maximum absolute atomic E-state index is 12.3. The summed E-state index contributed by atoms with van der Waals surface area (Å²) in [7, 11) is 0. The molecule has 6 nitrogen and oxygen atoms in total. The van der Waals surface area contributed by atoms with Gasteiger partial charge in [-0.25, -0.2) is 9.59 Å². The van der Waals surface area contributed by atoms with E-state index < -0.39 is 11.9 Å². The molecule has 188 valence electrons. The lowest BCUT2D eigenvalue weighted by Crippen LogP contribution is -2.13. The van der Waals surface area contributed by atoms with E-state index in [2.05, 4.69) is 23.8 Å². The summed E-state index contributed by atoms with van der Waals surface area (Å²) in [4.78, 5) is 31.3. The molecule has 1 N–H and O–H groups in total. The maximum Gasteiger partial charge on any atom is 0.339 e. The summed E-state index contributed by atoms with van der Waals surface area (Å²) in [6, 6.07) is 5.11. The molecule has 0 saturated heterocycles. The number of aromatic carboxylic acids is 1. The highest BCUT2D eigenvalue weighted by molar-refractivity contribution is 6.02. The summed E-state index contributed by atoms with van der Waals surface area (Å²) < 4.78 is 5.30. The van der Waals surface area contributed by atoms with Crippen LogP contribution in [0.2, 0.25) is 0 Å². The molecular weight excluding hydrogens is 428 g/mol. The van der Waals surface area contributed by atoms with E-state index in [1.807, 2.05) is 6.07 Å². The minimum Gasteiger partial charge on any atom is -0.478 e. The summed E-state index contributed by atoms with van der Waals surface area (Å²) in [5.41, 5.74) is 1.18. The van der Waals surface area contributed by atoms with Gasteiger partial charge in [0.1, 0.15) is 0 Å². The van der Waals surface area contributed by atoms with Crippen molar-refractivity contribution in [1.82, 2.24) is 9.97 Å². The molecule has 0 bridgehead atoms. The van der Waals surface area contributed by atoms with Crippen LogP contribution in [0.5, 0.6) is 0 Å². The molecule has 0 atom stereocenters. The van der Waals surface area contributed by atoms with Gasteiger partial charge < -0.3 is 9.84 Å². The van der Waals surface area contributed by atoms with Gasteiger partial charge >= 0.3 is 11.9 Å². The van der Waals surface area contributed by atoms with Crippen LogP contribution in [0.4, 0.5) is 0 Å². The molecular formula is C28H42N2O4. The summed E-state index contributed by atoms with van der Waals surface area (Å²) in [6.45, 7) is 4.73. The van der Waals surface area contributed by atoms with Gasteiger partial charge in [0.25, 0.3) is 0 Å². The fraction of sp³-hybridized carbons (Fsp3) is 0.571. The Hall–Kier alpha value is -2.76. The number of carbonyl (C=O) groups excluding carboxylic acids is 1. The minimum atomic E-state index is -1.07. The third-order valence-electron chi connectivity index (χ3n) is 5.56. The molecule has 0 unspecified atom stereocenters. The van der Waals surface area contributed by atoms with Crippen LogP contribution in [0, 0.1) is 0 Å². The van der Waals surface area contributed by atoms with Crippen molar-refractivity contribution >= 4 is 11.9 Å². The van der Waals surface area contributed by atoms with Crippen LogP contribution in [-0.2, 0) is 11.2 Å². The van der Waals surface area contributed by atoms with E-state index in [0.29, 0.717) is 6.61 Å². The molecule has 0 aliphatic rings. The number of carboxylic acid groups (broad SMARTS) is 1. The zero-order valence-electron chi connectivity index (χ0n) is 21.0. The van der Waals surface area contributed by atoms with Crippen molar-refractivity contribution in [2.75, 3.05) is 6.61 Å². The van der Waals surface area contributed by atoms with Crippen molar-refractivity contribution in [3.8, 4) is 0 Å². The largest absolute Gasteiger partial charge is 0.478 e. The highest BCUT2D eigenvalue weighted by Crippen LogP contribution is 2.17. The zero-order chi connectivity index (χ0) is 24.9. The van der Waals surface area contributed by atoms with Gasteiger partial charge in [0.05, 0.1) is 17.7 Å². The number of hydrogen-bond donors (Lipinski definition) is 1. The minimum absolute atomic E-state index is 0.0522. The summed E-state index contributed by atoms with van der Waals surface area (Å²) >= 11 is 0. The van der Waals surface area contributed by atoms with Crippen LogP contribution >= 0.6 is 0 Å². The molecule has 0 amide bonds. The average molecular weight is 471 g/mol. The van der Waals surface area contributed by atoms with Crippen molar-refractivity contribution in [3.63, 3.8) is 0 Å². The van der Waals surface area contributed by atoms with Gasteiger partial charge in [0.2, 0.25) is 0 Å². The fourth-order valence-electron chi connectivity index (χ4n) is 3.59. The lowest BCUT2D eigenvalue weighted by atomic mass is 9.99. The molecule has 6 heteroatoms. The van der Waals surface area contributed by atoms with E-state index in [-0.39, 0.29) is 11.1 Å². The summed E-state index contributed by atoms with van der Waals surface area (Å²) in [5, 5.41) is 9.49. The van der Waals surface area contributed by atoms with Gasteiger partial charge in [-0.15, -0.1) is 0 Å². The Bertz CT molecular complexity index is 770. The van der Waals surface area contributed by atoms with Crippen LogP contribution in [0.15, 0.2) is 43.0 Å². The first kappa shape index (κ1) is 29.3. The SMILES string of the molecule is CCCCCCCCOC(=O)c1ccc(CCCCCCCC)cc1C(=O)O.c1cnccn1. The van der Waals surface area contributed by atoms with Crippen LogP contribution in [0.25, 0.3) is 0 Å². The third kappa shape index (κ3) is 13.7. The highest BCUT2D eigenvalue weighted by atomic mass is 16.5. The lowest BCUT2D eigenvalue weighted by Gasteiger charge is -2.10. The third-order valence-corrected chi connectivity index (χ3v) is 5.56. The van der Waals surface area contributed by atoms with Gasteiger partial charge in [-0.05, 0) is 37.0 Å². The molecule has 1 aromatic heterocycles. The van der Waals surface area contributed by atoms with E-state index in [4.69, 9.17) is 4.74 Å². The topological polar surface area (TPSA) is 89.4 Å². The molecule has 2 rings (SSSR count). The summed E-state index contributed by atoms with van der Waals surface area (Å²) in [5.74, 6) is -1.60. The van der Waals surface area contributed by atoms with Crippen molar-refractivity contribution in [3.05, 3.63) is 59.7 Å². The van der Waals surface area contributed by atoms with Crippen molar-refractivity contribution in [1.29, 1.82) is 0 Å². The molecule has 0 radical (unpaired) electrons. The van der Waals surface area contributed by atoms with Crippen molar-refractivity contribution in [2.45, 2.75) is 97.3 Å². The first-order valence-electron chi connectivity index (χ1n) is 12.8. The monoisotopic (exact) mass is 470 g/mol. The first-order valence-corrected chi connectivity index (χ1v) is 12.8. The Balaban J connectivity index is 0.000000830. The number of unbranched alkanes of at least 4 members (excludes halogenated alkanes) is 10. The molecule has 1 heterocycles. The Morgan fingerprint density at radius 3 is 1.79 bits per heavy atom. The van der Waals surface area contributed by atoms with Gasteiger partial charge in [0.15, 0.2) is 0 Å². The molecule has 0 saturated carbocycles. The number of esters is 1. The Morgan fingerprint density at radius 2 is 1.26 bits per heavy atom. The Morgan fingerprint density at radius 1 is 0.735 bits per heavy atom. The second kappa shape index (κ2) is 19.7. The average Bonchev–Trinajstić information content (AvgIpc) is 2.86. The smallest absolute Gasteiger partial charge is 0.339 e. The van der Waals surface area contributed by atoms with E-state index >= 15 is 0 Å². The van der Waals surface area contributed by atoms with Gasteiger partial charge in [-0.1, -0.05) is 84.1 Å². The Labute approximate surface area is 205 Å². The number of aryl methyl sites for hydroxylation is 1. The molecule has 34 heavy (non-hydrogen) atoms. The van der Waals surface area contributed by atoms with Gasteiger partial charge in [-0.3, -0.25) is 9.97 Å². The number of rotatable bonds is 16. The maximum atomic E-state index is 12.3. The van der Waals surface area contributed by atoms with Crippen LogP contribution in [-0.4, -0.2) is 33.6 Å². The van der Waals surface area contributed by atoms with E-state index in [1.54, 1.807) is 36.9 Å². The van der Waals surface area contributed by atoms with Gasteiger partial charge in [0, 0.05) is 24.8 Å². The van der Waals surface area contributed by atoms with Gasteiger partial charge in [-0.2, -0.15) is 0 Å². The lowest BCUT2D eigenvalue weighted by molar-refractivity contribution is 0.0487. The van der Waals surface area contributed by atoms with Crippen LogP contribution < -0.4 is 0 Å². The quantitative estimate of drug-likeness (QED) is 0.205. The van der Waals surface area contributed by atoms with Crippen LogP contribution in [0.1, 0.15) is 117 Å². The highest BCUT2D eigenvalue weighted by Gasteiger charge is 2.18. The molecule has 0 aliphatic heterocycles. The molecule has 1 aromatic carbocycles. The van der Waals surface area contributed by atoms with E-state index in [9.17, 15) is 14.7 Å². The zero-order valence-corrected chi connectivity index (χ0v) is 21.0. The van der Waals surface area contributed by atoms with Crippen molar-refractivity contribution in [2.24, 2.45) is 0 Å². The number of carboxylic acids is 1. The number of benzene rings is 1. The van der Waals surface area contributed by atoms with E-state index in [1.165, 1.54) is 44.9 Å². The number of hydrogen-bond acceptors (Lipinski definition) is 5. The molecule has 2 aromatic rings. The summed E-state index contributed by atoms with van der Waals surface area (Å²) in [6.07, 6.45) is 21.3. The number of ether oxygens (including phenoxy) is 1. The molecule has 0 fully saturated rings. The van der Waals surface area contributed by atoms with Crippen LogP contribution in [0.3, 0.4) is 0 Å². The fourth-order valence-corrected chi connectivity index (χ4v) is 3.59. The Kier molecular flexibility index (Phi) is 16.9. The first-order chi connectivity index (χ1) is 16.6. The number of aromatic nitrogens is 2. The second-order valence-electron chi connectivity index (χ2n) is 8.50. The number of carbonyl (C=O) groups is 2.